The molecule has 0 bridgehead atoms. The molecule has 1 unspecified atom stereocenters. The molecule has 1 fully saturated rings. The number of hydrogen-bond donors (Lipinski definition) is 1. The number of nitrogens with zero attached hydrogens (tertiary/aromatic N) is 5. The summed E-state index contributed by atoms with van der Waals surface area (Å²) in [4.78, 5) is 26.6. The Labute approximate surface area is 170 Å². The number of piperidine rings is 1. The summed E-state index contributed by atoms with van der Waals surface area (Å²) in [5, 5.41) is 13.9. The molecule has 3 rings (SSSR count). The minimum Gasteiger partial charge on any atom is -0.497 e. The highest BCUT2D eigenvalue weighted by molar-refractivity contribution is 5.76. The minimum absolute atomic E-state index is 0.0370. The summed E-state index contributed by atoms with van der Waals surface area (Å²) in [7, 11) is 1.63. The molecule has 0 spiro atoms. The standard InChI is InChI=1S/C20H28N6O3/c1-29-18-6-2-4-17(12-18)13-21-19(27)8-7-16-5-3-10-25(14-16)20(28)9-11-26-15-22-23-24-26/h2,4,6,12,15-16H,3,5,7-11,13-14H2,1H3,(H,21,27). The van der Waals surface area contributed by atoms with Gasteiger partial charge < -0.3 is 15.0 Å². The molecule has 2 heterocycles. The number of methoxy groups -OCH3 is 1. The lowest BCUT2D eigenvalue weighted by atomic mass is 9.93. The van der Waals surface area contributed by atoms with E-state index in [1.165, 1.54) is 6.33 Å². The van der Waals surface area contributed by atoms with Crippen LogP contribution in [0.25, 0.3) is 0 Å². The SMILES string of the molecule is COc1cccc(CNC(=O)CCC2CCCN(C(=O)CCn3cnnn3)C2)c1. The summed E-state index contributed by atoms with van der Waals surface area (Å²) in [6, 6.07) is 7.67. The van der Waals surface area contributed by atoms with Crippen molar-refractivity contribution in [2.75, 3.05) is 20.2 Å². The minimum atomic E-state index is 0.0370. The second-order valence-electron chi connectivity index (χ2n) is 7.34. The van der Waals surface area contributed by atoms with Gasteiger partial charge >= 0.3 is 0 Å². The Kier molecular flexibility index (Phi) is 7.54. The number of hydrogen-bond acceptors (Lipinski definition) is 6. The van der Waals surface area contributed by atoms with E-state index in [-0.39, 0.29) is 11.8 Å². The Balaban J connectivity index is 1.37. The van der Waals surface area contributed by atoms with E-state index < -0.39 is 0 Å². The van der Waals surface area contributed by atoms with Crippen LogP contribution >= 0.6 is 0 Å². The third-order valence-corrected chi connectivity index (χ3v) is 5.22. The van der Waals surface area contributed by atoms with Gasteiger partial charge in [0, 0.05) is 32.5 Å². The van der Waals surface area contributed by atoms with Crippen molar-refractivity contribution in [3.05, 3.63) is 36.2 Å². The maximum absolute atomic E-state index is 12.4. The van der Waals surface area contributed by atoms with Crippen LogP contribution in [0.4, 0.5) is 0 Å². The molecule has 1 saturated heterocycles. The fraction of sp³-hybridized carbons (Fsp3) is 0.550. The zero-order valence-electron chi connectivity index (χ0n) is 16.8. The fourth-order valence-corrected chi connectivity index (χ4v) is 3.58. The van der Waals surface area contributed by atoms with E-state index in [0.29, 0.717) is 31.8 Å². The highest BCUT2D eigenvalue weighted by Crippen LogP contribution is 2.21. The van der Waals surface area contributed by atoms with Gasteiger partial charge in [0.05, 0.1) is 13.7 Å². The number of tetrazole rings is 1. The first-order valence-corrected chi connectivity index (χ1v) is 10.0. The van der Waals surface area contributed by atoms with E-state index in [2.05, 4.69) is 20.8 Å². The van der Waals surface area contributed by atoms with Gasteiger partial charge in [0.1, 0.15) is 12.1 Å². The predicted molar refractivity (Wildman–Crippen MR) is 106 cm³/mol. The van der Waals surface area contributed by atoms with Crippen molar-refractivity contribution in [2.24, 2.45) is 5.92 Å². The van der Waals surface area contributed by atoms with Gasteiger partial charge in [-0.3, -0.25) is 9.59 Å². The first-order chi connectivity index (χ1) is 14.1. The number of benzene rings is 1. The predicted octanol–water partition coefficient (Wildman–Crippen LogP) is 1.41. The number of likely N-dealkylation sites (tertiary alicyclic amines) is 1. The quantitative estimate of drug-likeness (QED) is 0.683. The molecule has 1 atom stereocenters. The number of aryl methyl sites for hydroxylation is 1. The van der Waals surface area contributed by atoms with Crippen molar-refractivity contribution in [1.82, 2.24) is 30.4 Å². The molecule has 1 N–H and O–H groups in total. The topological polar surface area (TPSA) is 102 Å². The third-order valence-electron chi connectivity index (χ3n) is 5.22. The molecule has 9 heteroatoms. The largest absolute Gasteiger partial charge is 0.497 e. The molecule has 1 aliphatic rings. The van der Waals surface area contributed by atoms with Crippen molar-refractivity contribution < 1.29 is 14.3 Å². The van der Waals surface area contributed by atoms with Crippen LogP contribution in [0.5, 0.6) is 5.75 Å². The fourth-order valence-electron chi connectivity index (χ4n) is 3.58. The molecular weight excluding hydrogens is 372 g/mol. The highest BCUT2D eigenvalue weighted by atomic mass is 16.5. The molecule has 9 nitrogen and oxygen atoms in total. The Morgan fingerprint density at radius 3 is 3.00 bits per heavy atom. The number of carbonyl (C=O) groups excluding carboxylic acids is 2. The molecule has 0 aliphatic carbocycles. The molecule has 1 aromatic heterocycles. The Morgan fingerprint density at radius 2 is 2.21 bits per heavy atom. The van der Waals surface area contributed by atoms with Crippen LogP contribution < -0.4 is 10.1 Å². The van der Waals surface area contributed by atoms with E-state index in [1.807, 2.05) is 29.2 Å². The van der Waals surface area contributed by atoms with E-state index in [4.69, 9.17) is 4.74 Å². The number of amides is 2. The molecule has 0 radical (unpaired) electrons. The smallest absolute Gasteiger partial charge is 0.224 e. The summed E-state index contributed by atoms with van der Waals surface area (Å²) in [5.41, 5.74) is 1.01. The van der Waals surface area contributed by atoms with Crippen LogP contribution in [0, 0.1) is 5.92 Å². The zero-order chi connectivity index (χ0) is 20.5. The number of ether oxygens (including phenoxy) is 1. The van der Waals surface area contributed by atoms with Crippen molar-refractivity contribution in [2.45, 2.75) is 45.2 Å². The first-order valence-electron chi connectivity index (χ1n) is 10.0. The van der Waals surface area contributed by atoms with Crippen molar-refractivity contribution in [1.29, 1.82) is 0 Å². The summed E-state index contributed by atoms with van der Waals surface area (Å²) in [5.74, 6) is 1.30. The molecule has 1 aliphatic heterocycles. The van der Waals surface area contributed by atoms with Gasteiger partial charge in [-0.1, -0.05) is 12.1 Å². The average Bonchev–Trinajstić information content (AvgIpc) is 3.28. The number of nitrogens with one attached hydrogen (secondary N) is 1. The average molecular weight is 400 g/mol. The number of rotatable bonds is 9. The molecule has 0 saturated carbocycles. The van der Waals surface area contributed by atoms with Crippen LogP contribution in [-0.2, 0) is 22.7 Å². The van der Waals surface area contributed by atoms with E-state index in [9.17, 15) is 9.59 Å². The van der Waals surface area contributed by atoms with Gasteiger partial charge in [-0.15, -0.1) is 5.10 Å². The van der Waals surface area contributed by atoms with E-state index >= 15 is 0 Å². The van der Waals surface area contributed by atoms with Gasteiger partial charge in [-0.2, -0.15) is 0 Å². The first kappa shape index (κ1) is 20.8. The van der Waals surface area contributed by atoms with Gasteiger partial charge in [-0.25, -0.2) is 4.68 Å². The zero-order valence-corrected chi connectivity index (χ0v) is 16.8. The molecular formula is C20H28N6O3. The van der Waals surface area contributed by atoms with Gasteiger partial charge in [0.2, 0.25) is 11.8 Å². The third kappa shape index (κ3) is 6.55. The van der Waals surface area contributed by atoms with E-state index in [1.54, 1.807) is 11.8 Å². The second kappa shape index (κ2) is 10.5. The van der Waals surface area contributed by atoms with Crippen molar-refractivity contribution in [3.63, 3.8) is 0 Å². The Bertz CT molecular complexity index is 795. The summed E-state index contributed by atoms with van der Waals surface area (Å²) in [6.45, 7) is 2.48. The monoisotopic (exact) mass is 400 g/mol. The number of carbonyl (C=O) groups is 2. The Morgan fingerprint density at radius 1 is 1.31 bits per heavy atom. The van der Waals surface area contributed by atoms with E-state index in [0.717, 1.165) is 43.7 Å². The summed E-state index contributed by atoms with van der Waals surface area (Å²) in [6.07, 6.45) is 5.20. The summed E-state index contributed by atoms with van der Waals surface area (Å²) >= 11 is 0. The molecule has 2 amide bonds. The lowest BCUT2D eigenvalue weighted by Crippen LogP contribution is -2.40. The highest BCUT2D eigenvalue weighted by Gasteiger charge is 2.24. The van der Waals surface area contributed by atoms with Crippen LogP contribution in [-0.4, -0.2) is 57.1 Å². The van der Waals surface area contributed by atoms with Crippen LogP contribution in [0.3, 0.4) is 0 Å². The maximum Gasteiger partial charge on any atom is 0.224 e. The Hall–Kier alpha value is -2.97. The maximum atomic E-state index is 12.4. The second-order valence-corrected chi connectivity index (χ2v) is 7.34. The molecule has 2 aromatic rings. The number of aromatic nitrogens is 4. The normalized spacial score (nSPS) is 16.4. The molecule has 29 heavy (non-hydrogen) atoms. The lowest BCUT2D eigenvalue weighted by Gasteiger charge is -2.32. The molecule has 156 valence electrons. The van der Waals surface area contributed by atoms with Crippen molar-refractivity contribution in [3.8, 4) is 5.75 Å². The molecule has 1 aromatic carbocycles. The van der Waals surface area contributed by atoms with Crippen LogP contribution in [0.1, 0.15) is 37.7 Å². The van der Waals surface area contributed by atoms with Crippen LogP contribution in [0.2, 0.25) is 0 Å². The van der Waals surface area contributed by atoms with Gasteiger partial charge in [0.15, 0.2) is 0 Å². The van der Waals surface area contributed by atoms with Crippen molar-refractivity contribution >= 4 is 11.8 Å². The van der Waals surface area contributed by atoms with Gasteiger partial charge in [-0.05, 0) is 53.3 Å². The lowest BCUT2D eigenvalue weighted by molar-refractivity contribution is -0.133. The van der Waals surface area contributed by atoms with Crippen LogP contribution in [0.15, 0.2) is 30.6 Å². The van der Waals surface area contributed by atoms with Gasteiger partial charge in [0.25, 0.3) is 0 Å². The summed E-state index contributed by atoms with van der Waals surface area (Å²) < 4.78 is 6.76.